The van der Waals surface area contributed by atoms with Gasteiger partial charge >= 0.3 is 0 Å². The van der Waals surface area contributed by atoms with Crippen LogP contribution < -0.4 is 4.90 Å². The summed E-state index contributed by atoms with van der Waals surface area (Å²) < 4.78 is 0. The van der Waals surface area contributed by atoms with Crippen LogP contribution in [0.2, 0.25) is 0 Å². The summed E-state index contributed by atoms with van der Waals surface area (Å²) in [5, 5.41) is 9.54. The molecule has 0 atom stereocenters. The number of hydrogen-bond acceptors (Lipinski definition) is 2. The fourth-order valence-corrected chi connectivity index (χ4v) is 2.42. The molecule has 3 nitrogen and oxygen atoms in total. The van der Waals surface area contributed by atoms with Gasteiger partial charge in [0.2, 0.25) is 5.91 Å². The zero-order valence-electron chi connectivity index (χ0n) is 12.5. The van der Waals surface area contributed by atoms with Crippen molar-refractivity contribution < 1.29 is 9.90 Å². The van der Waals surface area contributed by atoms with Crippen molar-refractivity contribution in [2.75, 3.05) is 11.4 Å². The van der Waals surface area contributed by atoms with E-state index >= 15 is 0 Å². The van der Waals surface area contributed by atoms with Crippen molar-refractivity contribution in [2.45, 2.75) is 26.7 Å². The van der Waals surface area contributed by atoms with Crippen LogP contribution in [0.5, 0.6) is 5.75 Å². The summed E-state index contributed by atoms with van der Waals surface area (Å²) >= 11 is 0. The number of aryl methyl sites for hydroxylation is 2. The number of carbonyl (C=O) groups is 1. The third kappa shape index (κ3) is 4.09. The van der Waals surface area contributed by atoms with E-state index in [1.165, 1.54) is 11.1 Å². The number of amides is 1. The summed E-state index contributed by atoms with van der Waals surface area (Å²) in [6.45, 7) is 4.58. The minimum atomic E-state index is 0.0737. The molecule has 0 aromatic heterocycles. The van der Waals surface area contributed by atoms with Crippen molar-refractivity contribution in [3.05, 3.63) is 59.7 Å². The molecule has 1 amide bonds. The second-order valence-corrected chi connectivity index (χ2v) is 5.15. The second-order valence-electron chi connectivity index (χ2n) is 5.15. The normalized spacial score (nSPS) is 10.4. The highest BCUT2D eigenvalue weighted by Crippen LogP contribution is 2.21. The molecule has 0 radical (unpaired) electrons. The number of phenols is 1. The molecular formula is C18H21NO2. The van der Waals surface area contributed by atoms with Crippen molar-refractivity contribution in [3.63, 3.8) is 0 Å². The molecule has 0 aliphatic rings. The van der Waals surface area contributed by atoms with Gasteiger partial charge in [-0.2, -0.15) is 0 Å². The van der Waals surface area contributed by atoms with E-state index in [9.17, 15) is 9.90 Å². The highest BCUT2D eigenvalue weighted by molar-refractivity contribution is 5.93. The summed E-state index contributed by atoms with van der Waals surface area (Å²) in [6, 6.07) is 15.0. The maximum absolute atomic E-state index is 12.4. The first kappa shape index (κ1) is 15.1. The van der Waals surface area contributed by atoms with Gasteiger partial charge in [0.1, 0.15) is 5.75 Å². The lowest BCUT2D eigenvalue weighted by molar-refractivity contribution is -0.118. The van der Waals surface area contributed by atoms with Gasteiger partial charge in [-0.1, -0.05) is 35.9 Å². The van der Waals surface area contributed by atoms with Gasteiger partial charge in [-0.25, -0.2) is 0 Å². The smallest absolute Gasteiger partial charge is 0.227 e. The van der Waals surface area contributed by atoms with E-state index in [-0.39, 0.29) is 11.7 Å². The molecule has 3 heteroatoms. The van der Waals surface area contributed by atoms with Gasteiger partial charge in [-0.15, -0.1) is 0 Å². The molecule has 0 spiro atoms. The lowest BCUT2D eigenvalue weighted by Gasteiger charge is -2.21. The first-order valence-corrected chi connectivity index (χ1v) is 7.25. The predicted molar refractivity (Wildman–Crippen MR) is 85.6 cm³/mol. The number of phenolic OH excluding ortho intramolecular Hbond substituents is 1. The molecule has 0 aliphatic carbocycles. The van der Waals surface area contributed by atoms with Gasteiger partial charge in [-0.05, 0) is 38.0 Å². The van der Waals surface area contributed by atoms with Crippen LogP contribution in [0, 0.1) is 6.92 Å². The largest absolute Gasteiger partial charge is 0.508 e. The van der Waals surface area contributed by atoms with Gasteiger partial charge in [-0.3, -0.25) is 4.79 Å². The number of nitrogens with zero attached hydrogens (tertiary/aromatic N) is 1. The van der Waals surface area contributed by atoms with E-state index in [0.717, 1.165) is 12.1 Å². The Balaban J connectivity index is 2.04. The van der Waals surface area contributed by atoms with Crippen molar-refractivity contribution in [3.8, 4) is 5.75 Å². The topological polar surface area (TPSA) is 40.5 Å². The van der Waals surface area contributed by atoms with Gasteiger partial charge < -0.3 is 10.0 Å². The zero-order valence-corrected chi connectivity index (χ0v) is 12.5. The molecule has 0 heterocycles. The molecule has 0 saturated carbocycles. The SMILES string of the molecule is CCN(C(=O)CCc1cccc(C)c1)c1cccc(O)c1. The molecule has 1 N–H and O–H groups in total. The fraction of sp³-hybridized carbons (Fsp3) is 0.278. The van der Waals surface area contributed by atoms with Crippen LogP contribution >= 0.6 is 0 Å². The van der Waals surface area contributed by atoms with Crippen LogP contribution in [0.15, 0.2) is 48.5 Å². The van der Waals surface area contributed by atoms with Gasteiger partial charge in [0.05, 0.1) is 0 Å². The van der Waals surface area contributed by atoms with Gasteiger partial charge in [0.25, 0.3) is 0 Å². The molecule has 0 aliphatic heterocycles. The number of benzene rings is 2. The average molecular weight is 283 g/mol. The van der Waals surface area contributed by atoms with Gasteiger partial charge in [0.15, 0.2) is 0 Å². The minimum absolute atomic E-state index is 0.0737. The van der Waals surface area contributed by atoms with E-state index in [0.29, 0.717) is 13.0 Å². The summed E-state index contributed by atoms with van der Waals surface area (Å²) in [5.74, 6) is 0.252. The number of anilines is 1. The number of hydrogen-bond donors (Lipinski definition) is 1. The quantitative estimate of drug-likeness (QED) is 0.909. The van der Waals surface area contributed by atoms with E-state index in [4.69, 9.17) is 0 Å². The Labute approximate surface area is 125 Å². The third-order valence-corrected chi connectivity index (χ3v) is 3.47. The monoisotopic (exact) mass is 283 g/mol. The van der Waals surface area contributed by atoms with Crippen LogP contribution in [0.25, 0.3) is 0 Å². The standard InChI is InChI=1S/C18H21NO2/c1-3-19(16-8-5-9-17(20)13-16)18(21)11-10-15-7-4-6-14(2)12-15/h4-9,12-13,20H,3,10-11H2,1-2H3. The molecule has 0 saturated heterocycles. The fourth-order valence-electron chi connectivity index (χ4n) is 2.42. The molecule has 110 valence electrons. The average Bonchev–Trinajstić information content (AvgIpc) is 2.46. The summed E-state index contributed by atoms with van der Waals surface area (Å²) in [4.78, 5) is 14.1. The minimum Gasteiger partial charge on any atom is -0.508 e. The molecule has 0 unspecified atom stereocenters. The van der Waals surface area contributed by atoms with E-state index in [1.54, 1.807) is 23.1 Å². The van der Waals surface area contributed by atoms with Crippen molar-refractivity contribution in [1.82, 2.24) is 0 Å². The maximum Gasteiger partial charge on any atom is 0.227 e. The van der Waals surface area contributed by atoms with Crippen LogP contribution in [-0.4, -0.2) is 17.6 Å². The van der Waals surface area contributed by atoms with Crippen molar-refractivity contribution >= 4 is 11.6 Å². The molecule has 21 heavy (non-hydrogen) atoms. The van der Waals surface area contributed by atoms with Crippen molar-refractivity contribution in [2.24, 2.45) is 0 Å². The Kier molecular flexibility index (Phi) is 4.99. The van der Waals surface area contributed by atoms with Crippen LogP contribution in [-0.2, 0) is 11.2 Å². The molecule has 0 bridgehead atoms. The highest BCUT2D eigenvalue weighted by Gasteiger charge is 2.14. The third-order valence-electron chi connectivity index (χ3n) is 3.47. The molecule has 2 aromatic carbocycles. The second kappa shape index (κ2) is 6.93. The van der Waals surface area contributed by atoms with Crippen LogP contribution in [0.3, 0.4) is 0 Å². The highest BCUT2D eigenvalue weighted by atomic mass is 16.3. The number of carbonyl (C=O) groups excluding carboxylic acids is 1. The predicted octanol–water partition coefficient (Wildman–Crippen LogP) is 3.69. The summed E-state index contributed by atoms with van der Waals surface area (Å²) in [6.07, 6.45) is 1.20. The van der Waals surface area contributed by atoms with Crippen LogP contribution in [0.1, 0.15) is 24.5 Å². The zero-order chi connectivity index (χ0) is 15.2. The van der Waals surface area contributed by atoms with Gasteiger partial charge in [0, 0.05) is 24.7 Å². The van der Waals surface area contributed by atoms with E-state index < -0.39 is 0 Å². The molecular weight excluding hydrogens is 262 g/mol. The molecule has 0 fully saturated rings. The summed E-state index contributed by atoms with van der Waals surface area (Å²) in [5.41, 5.74) is 3.13. The van der Waals surface area contributed by atoms with E-state index in [1.807, 2.05) is 25.1 Å². The lowest BCUT2D eigenvalue weighted by Crippen LogP contribution is -2.30. The molecule has 2 rings (SSSR count). The first-order chi connectivity index (χ1) is 10.1. The van der Waals surface area contributed by atoms with Crippen LogP contribution in [0.4, 0.5) is 5.69 Å². The first-order valence-electron chi connectivity index (χ1n) is 7.25. The number of rotatable bonds is 5. The Bertz CT molecular complexity index is 622. The number of aromatic hydroxyl groups is 1. The molecule has 2 aromatic rings. The summed E-state index contributed by atoms with van der Waals surface area (Å²) in [7, 11) is 0. The Morgan fingerprint density at radius 2 is 1.90 bits per heavy atom. The maximum atomic E-state index is 12.4. The van der Waals surface area contributed by atoms with E-state index in [2.05, 4.69) is 19.1 Å². The Hall–Kier alpha value is -2.29. The Morgan fingerprint density at radius 3 is 2.57 bits per heavy atom. The lowest BCUT2D eigenvalue weighted by atomic mass is 10.1. The van der Waals surface area contributed by atoms with Crippen molar-refractivity contribution in [1.29, 1.82) is 0 Å². The Morgan fingerprint density at radius 1 is 1.14 bits per heavy atom.